The van der Waals surface area contributed by atoms with Crippen LogP contribution in [0.5, 0.6) is 5.75 Å². The van der Waals surface area contributed by atoms with Gasteiger partial charge in [-0.1, -0.05) is 5.16 Å². The summed E-state index contributed by atoms with van der Waals surface area (Å²) in [7, 11) is 0. The van der Waals surface area contributed by atoms with Crippen LogP contribution in [0.4, 0.5) is 5.69 Å². The van der Waals surface area contributed by atoms with Gasteiger partial charge in [-0.3, -0.25) is 0 Å². The quantitative estimate of drug-likeness (QED) is 0.699. The third kappa shape index (κ3) is 2.57. The monoisotopic (exact) mass is 257 g/mol. The van der Waals surface area contributed by atoms with E-state index in [2.05, 4.69) is 15.5 Å². The van der Waals surface area contributed by atoms with Gasteiger partial charge in [0.15, 0.2) is 5.76 Å². The predicted molar refractivity (Wildman–Crippen MR) is 67.4 cm³/mol. The first-order valence-electron chi connectivity index (χ1n) is 5.70. The second-order valence-electron chi connectivity index (χ2n) is 3.89. The molecule has 2 aromatic heterocycles. The summed E-state index contributed by atoms with van der Waals surface area (Å²) in [5, 5.41) is 16.1. The van der Waals surface area contributed by atoms with Crippen molar-refractivity contribution in [2.75, 3.05) is 5.32 Å². The molecule has 0 unspecified atom stereocenters. The highest BCUT2D eigenvalue weighted by atomic mass is 16.5. The Morgan fingerprint density at radius 2 is 2.00 bits per heavy atom. The van der Waals surface area contributed by atoms with Gasteiger partial charge in [-0.15, -0.1) is 0 Å². The Balaban J connectivity index is 1.66. The zero-order valence-corrected chi connectivity index (χ0v) is 9.91. The van der Waals surface area contributed by atoms with Crippen molar-refractivity contribution in [2.45, 2.75) is 6.54 Å². The van der Waals surface area contributed by atoms with Gasteiger partial charge in [-0.05, 0) is 36.4 Å². The van der Waals surface area contributed by atoms with Crippen LogP contribution in [-0.4, -0.2) is 15.2 Å². The minimum absolute atomic E-state index is 0.225. The maximum atomic E-state index is 9.17. The largest absolute Gasteiger partial charge is 0.508 e. The van der Waals surface area contributed by atoms with Crippen molar-refractivity contribution in [1.29, 1.82) is 0 Å². The summed E-state index contributed by atoms with van der Waals surface area (Å²) >= 11 is 0. The highest BCUT2D eigenvalue weighted by Gasteiger charge is 2.10. The average Bonchev–Trinajstić information content (AvgIpc) is 3.09. The number of phenolic OH excluding ortho intramolecular Hbond substituents is 1. The number of phenols is 1. The molecule has 1 aromatic carbocycles. The van der Waals surface area contributed by atoms with E-state index in [1.54, 1.807) is 42.7 Å². The van der Waals surface area contributed by atoms with Crippen LogP contribution in [0.3, 0.4) is 0 Å². The molecule has 0 atom stereocenters. The third-order valence-electron chi connectivity index (χ3n) is 2.52. The number of nitrogens with zero attached hydrogens (tertiary/aromatic N) is 2. The Morgan fingerprint density at radius 1 is 1.16 bits per heavy atom. The summed E-state index contributed by atoms with van der Waals surface area (Å²) < 4.78 is 10.3. The lowest BCUT2D eigenvalue weighted by Gasteiger charge is -2.02. The van der Waals surface area contributed by atoms with E-state index in [0.717, 1.165) is 5.69 Å². The highest BCUT2D eigenvalue weighted by molar-refractivity contribution is 5.47. The van der Waals surface area contributed by atoms with Crippen molar-refractivity contribution in [3.63, 3.8) is 0 Å². The number of nitrogens with one attached hydrogen (secondary N) is 1. The van der Waals surface area contributed by atoms with Crippen molar-refractivity contribution in [3.8, 4) is 17.3 Å². The van der Waals surface area contributed by atoms with Crippen molar-refractivity contribution in [1.82, 2.24) is 10.1 Å². The molecule has 0 bridgehead atoms. The van der Waals surface area contributed by atoms with E-state index in [9.17, 15) is 5.11 Å². The molecule has 6 nitrogen and oxygen atoms in total. The SMILES string of the molecule is Oc1ccc(NCc2nc(-c3ccco3)no2)cc1. The number of anilines is 1. The van der Waals surface area contributed by atoms with Gasteiger partial charge in [0.2, 0.25) is 11.7 Å². The molecule has 0 saturated heterocycles. The molecule has 96 valence electrons. The first kappa shape index (κ1) is 11.3. The second kappa shape index (κ2) is 4.85. The first-order valence-corrected chi connectivity index (χ1v) is 5.70. The predicted octanol–water partition coefficient (Wildman–Crippen LogP) is 2.65. The molecule has 0 aliphatic heterocycles. The van der Waals surface area contributed by atoms with E-state index in [0.29, 0.717) is 24.0 Å². The van der Waals surface area contributed by atoms with Gasteiger partial charge in [0.05, 0.1) is 12.8 Å². The number of rotatable bonds is 4. The van der Waals surface area contributed by atoms with Gasteiger partial charge >= 0.3 is 0 Å². The Labute approximate surface area is 108 Å². The van der Waals surface area contributed by atoms with Crippen LogP contribution in [0, 0.1) is 0 Å². The van der Waals surface area contributed by atoms with E-state index >= 15 is 0 Å². The van der Waals surface area contributed by atoms with E-state index in [-0.39, 0.29) is 5.75 Å². The van der Waals surface area contributed by atoms with Gasteiger partial charge in [-0.2, -0.15) is 4.98 Å². The highest BCUT2D eigenvalue weighted by Crippen LogP contribution is 2.17. The molecule has 3 aromatic rings. The Bertz CT molecular complexity index is 644. The normalized spacial score (nSPS) is 10.5. The fourth-order valence-corrected chi connectivity index (χ4v) is 1.59. The van der Waals surface area contributed by atoms with Crippen LogP contribution < -0.4 is 5.32 Å². The van der Waals surface area contributed by atoms with Crippen LogP contribution in [-0.2, 0) is 6.54 Å². The Hall–Kier alpha value is -2.76. The van der Waals surface area contributed by atoms with Crippen LogP contribution in [0.2, 0.25) is 0 Å². The maximum Gasteiger partial charge on any atom is 0.246 e. The number of hydrogen-bond acceptors (Lipinski definition) is 6. The van der Waals surface area contributed by atoms with E-state index in [1.165, 1.54) is 0 Å². The number of benzene rings is 1. The lowest BCUT2D eigenvalue weighted by atomic mass is 10.3. The van der Waals surface area contributed by atoms with Crippen molar-refractivity contribution >= 4 is 5.69 Å². The van der Waals surface area contributed by atoms with Gasteiger partial charge in [0.25, 0.3) is 0 Å². The molecule has 0 fully saturated rings. The van der Waals surface area contributed by atoms with Gasteiger partial charge in [0, 0.05) is 5.69 Å². The number of furan rings is 1. The molecule has 0 amide bonds. The smallest absolute Gasteiger partial charge is 0.246 e. The van der Waals surface area contributed by atoms with Crippen molar-refractivity contribution in [3.05, 3.63) is 48.6 Å². The van der Waals surface area contributed by atoms with Crippen LogP contribution in [0.15, 0.2) is 51.6 Å². The zero-order valence-electron chi connectivity index (χ0n) is 9.91. The average molecular weight is 257 g/mol. The maximum absolute atomic E-state index is 9.17. The van der Waals surface area contributed by atoms with Gasteiger partial charge < -0.3 is 19.4 Å². The molecule has 3 rings (SSSR count). The summed E-state index contributed by atoms with van der Waals surface area (Å²) in [6.45, 7) is 0.401. The number of aromatic nitrogens is 2. The summed E-state index contributed by atoms with van der Waals surface area (Å²) in [6, 6.07) is 10.3. The third-order valence-corrected chi connectivity index (χ3v) is 2.52. The molecule has 2 N–H and O–H groups in total. The number of hydrogen-bond donors (Lipinski definition) is 2. The summed E-state index contributed by atoms with van der Waals surface area (Å²) in [6.07, 6.45) is 1.56. The minimum atomic E-state index is 0.225. The lowest BCUT2D eigenvalue weighted by molar-refractivity contribution is 0.382. The van der Waals surface area contributed by atoms with Gasteiger partial charge in [0.1, 0.15) is 5.75 Å². The van der Waals surface area contributed by atoms with Crippen LogP contribution in [0.25, 0.3) is 11.6 Å². The fourth-order valence-electron chi connectivity index (χ4n) is 1.59. The van der Waals surface area contributed by atoms with Crippen molar-refractivity contribution in [2.24, 2.45) is 0 Å². The van der Waals surface area contributed by atoms with E-state index in [1.807, 2.05) is 0 Å². The summed E-state index contributed by atoms with van der Waals surface area (Å²) in [4.78, 5) is 4.20. The van der Waals surface area contributed by atoms with Crippen LogP contribution in [0.1, 0.15) is 5.89 Å². The Kier molecular flexibility index (Phi) is 2.89. The molecular formula is C13H11N3O3. The fraction of sp³-hybridized carbons (Fsp3) is 0.0769. The molecular weight excluding hydrogens is 246 g/mol. The first-order chi connectivity index (χ1) is 9.31. The topological polar surface area (TPSA) is 84.3 Å². The number of aromatic hydroxyl groups is 1. The Morgan fingerprint density at radius 3 is 2.74 bits per heavy atom. The second-order valence-corrected chi connectivity index (χ2v) is 3.89. The lowest BCUT2D eigenvalue weighted by Crippen LogP contribution is -1.99. The zero-order chi connectivity index (χ0) is 13.1. The van der Waals surface area contributed by atoms with Crippen LogP contribution >= 0.6 is 0 Å². The molecule has 0 spiro atoms. The molecule has 19 heavy (non-hydrogen) atoms. The molecule has 0 aliphatic rings. The minimum Gasteiger partial charge on any atom is -0.508 e. The molecule has 0 radical (unpaired) electrons. The standard InChI is InChI=1S/C13H11N3O3/c17-10-5-3-9(4-6-10)14-8-12-15-13(16-19-12)11-2-1-7-18-11/h1-7,14,17H,8H2. The summed E-state index contributed by atoms with van der Waals surface area (Å²) in [5.41, 5.74) is 0.857. The molecule has 2 heterocycles. The van der Waals surface area contributed by atoms with E-state index in [4.69, 9.17) is 8.94 Å². The van der Waals surface area contributed by atoms with E-state index < -0.39 is 0 Å². The molecule has 0 saturated carbocycles. The molecule has 0 aliphatic carbocycles. The summed E-state index contributed by atoms with van der Waals surface area (Å²) in [5.74, 6) is 1.68. The van der Waals surface area contributed by atoms with Crippen molar-refractivity contribution < 1.29 is 14.0 Å². The molecule has 6 heteroatoms. The van der Waals surface area contributed by atoms with Gasteiger partial charge in [-0.25, -0.2) is 0 Å².